The van der Waals surface area contributed by atoms with E-state index in [2.05, 4.69) is 24.4 Å². The molecule has 2 heteroatoms. The van der Waals surface area contributed by atoms with Crippen LogP contribution in [0.3, 0.4) is 0 Å². The van der Waals surface area contributed by atoms with Gasteiger partial charge in [0.15, 0.2) is 0 Å². The van der Waals surface area contributed by atoms with Crippen LogP contribution < -0.4 is 5.32 Å². The molecule has 0 aliphatic heterocycles. The van der Waals surface area contributed by atoms with Crippen molar-refractivity contribution in [3.8, 4) is 0 Å². The van der Waals surface area contributed by atoms with Gasteiger partial charge < -0.3 is 5.32 Å². The van der Waals surface area contributed by atoms with Crippen LogP contribution in [-0.4, -0.2) is 12.5 Å². The monoisotopic (exact) mass is 265 g/mol. The fraction of sp³-hybridized carbons (Fsp3) is 0.167. The van der Waals surface area contributed by atoms with Crippen LogP contribution in [0.2, 0.25) is 0 Å². The molecule has 0 heterocycles. The van der Waals surface area contributed by atoms with Crippen molar-refractivity contribution in [3.63, 3.8) is 0 Å². The summed E-state index contributed by atoms with van der Waals surface area (Å²) >= 11 is 0. The van der Waals surface area contributed by atoms with Gasteiger partial charge in [-0.15, -0.1) is 0 Å². The van der Waals surface area contributed by atoms with Gasteiger partial charge >= 0.3 is 0 Å². The molecule has 0 fully saturated rings. The molecule has 0 aliphatic carbocycles. The molecule has 1 atom stereocenters. The Morgan fingerprint density at radius 2 is 1.65 bits per heavy atom. The molecule has 0 saturated heterocycles. The number of hydrogen-bond donors (Lipinski definition) is 1. The van der Waals surface area contributed by atoms with Crippen LogP contribution in [0, 0.1) is 0 Å². The van der Waals surface area contributed by atoms with Gasteiger partial charge in [-0.1, -0.05) is 67.6 Å². The maximum Gasteiger partial charge on any atom is 0.244 e. The molecule has 0 aliphatic rings. The lowest BCUT2D eigenvalue weighted by molar-refractivity contribution is -0.116. The number of carbonyl (C=O) groups excluding carboxylic acids is 1. The minimum absolute atomic E-state index is 0.0587. The molecule has 0 unspecified atom stereocenters. The van der Waals surface area contributed by atoms with E-state index in [4.69, 9.17) is 0 Å². The number of carbonyl (C=O) groups is 1. The third-order valence-corrected chi connectivity index (χ3v) is 3.18. The predicted molar refractivity (Wildman–Crippen MR) is 83.3 cm³/mol. The standard InChI is InChI=1S/C18H19NO/c1-15(17-10-6-3-7-11-17)14-19-18(20)13-12-16-8-4-2-5-9-16/h2-13,15H,14H2,1H3,(H,19,20)/b13-12+/t15-/m0/s1. The van der Waals surface area contributed by atoms with Crippen LogP contribution in [0.4, 0.5) is 0 Å². The zero-order valence-corrected chi connectivity index (χ0v) is 11.6. The van der Waals surface area contributed by atoms with Crippen LogP contribution in [0.1, 0.15) is 24.0 Å². The van der Waals surface area contributed by atoms with E-state index in [1.165, 1.54) is 5.56 Å². The lowest BCUT2D eigenvalue weighted by Gasteiger charge is -2.11. The van der Waals surface area contributed by atoms with E-state index in [-0.39, 0.29) is 5.91 Å². The molecule has 2 aromatic carbocycles. The first kappa shape index (κ1) is 14.1. The molecule has 0 aromatic heterocycles. The molecular weight excluding hydrogens is 246 g/mol. The maximum atomic E-state index is 11.8. The summed E-state index contributed by atoms with van der Waals surface area (Å²) in [5, 5.41) is 2.93. The number of nitrogens with one attached hydrogen (secondary N) is 1. The Morgan fingerprint density at radius 3 is 2.30 bits per heavy atom. The van der Waals surface area contributed by atoms with Crippen molar-refractivity contribution >= 4 is 12.0 Å². The third kappa shape index (κ3) is 4.39. The van der Waals surface area contributed by atoms with Gasteiger partial charge in [-0.05, 0) is 23.1 Å². The van der Waals surface area contributed by atoms with Crippen LogP contribution >= 0.6 is 0 Å². The summed E-state index contributed by atoms with van der Waals surface area (Å²) in [6, 6.07) is 20.0. The van der Waals surface area contributed by atoms with Crippen molar-refractivity contribution in [1.82, 2.24) is 5.32 Å². The molecule has 2 rings (SSSR count). The fourth-order valence-electron chi connectivity index (χ4n) is 1.95. The van der Waals surface area contributed by atoms with Crippen molar-refractivity contribution in [2.75, 3.05) is 6.54 Å². The highest BCUT2D eigenvalue weighted by atomic mass is 16.1. The molecule has 2 aromatic rings. The Balaban J connectivity index is 1.82. The highest BCUT2D eigenvalue weighted by Crippen LogP contribution is 2.12. The van der Waals surface area contributed by atoms with Gasteiger partial charge in [-0.25, -0.2) is 0 Å². The Labute approximate surface area is 120 Å². The predicted octanol–water partition coefficient (Wildman–Crippen LogP) is 3.62. The van der Waals surface area contributed by atoms with Gasteiger partial charge in [0.1, 0.15) is 0 Å². The summed E-state index contributed by atoms with van der Waals surface area (Å²) in [7, 11) is 0. The van der Waals surface area contributed by atoms with Gasteiger partial charge in [0, 0.05) is 12.6 Å². The van der Waals surface area contributed by atoms with E-state index < -0.39 is 0 Å². The first-order valence-corrected chi connectivity index (χ1v) is 6.81. The second-order valence-corrected chi connectivity index (χ2v) is 4.80. The molecule has 102 valence electrons. The Kier molecular flexibility index (Phi) is 5.13. The molecule has 1 N–H and O–H groups in total. The topological polar surface area (TPSA) is 29.1 Å². The minimum atomic E-state index is -0.0587. The Morgan fingerprint density at radius 1 is 1.05 bits per heavy atom. The summed E-state index contributed by atoms with van der Waals surface area (Å²) in [4.78, 5) is 11.8. The summed E-state index contributed by atoms with van der Waals surface area (Å²) in [6.07, 6.45) is 3.40. The summed E-state index contributed by atoms with van der Waals surface area (Å²) in [5.74, 6) is 0.252. The number of benzene rings is 2. The van der Waals surface area contributed by atoms with E-state index in [1.54, 1.807) is 6.08 Å². The fourth-order valence-corrected chi connectivity index (χ4v) is 1.95. The quantitative estimate of drug-likeness (QED) is 0.822. The van der Waals surface area contributed by atoms with Crippen molar-refractivity contribution in [1.29, 1.82) is 0 Å². The zero-order valence-electron chi connectivity index (χ0n) is 11.6. The van der Waals surface area contributed by atoms with E-state index in [1.807, 2.05) is 54.6 Å². The largest absolute Gasteiger partial charge is 0.352 e. The minimum Gasteiger partial charge on any atom is -0.352 e. The lowest BCUT2D eigenvalue weighted by atomic mass is 10.0. The number of amides is 1. The Hall–Kier alpha value is -2.35. The molecule has 0 bridgehead atoms. The maximum absolute atomic E-state index is 11.8. The summed E-state index contributed by atoms with van der Waals surface area (Å²) in [6.45, 7) is 2.75. The highest BCUT2D eigenvalue weighted by molar-refractivity contribution is 5.91. The lowest BCUT2D eigenvalue weighted by Crippen LogP contribution is -2.25. The highest BCUT2D eigenvalue weighted by Gasteiger charge is 2.05. The third-order valence-electron chi connectivity index (χ3n) is 3.18. The molecule has 1 amide bonds. The average Bonchev–Trinajstić information content (AvgIpc) is 2.52. The van der Waals surface area contributed by atoms with Crippen LogP contribution in [0.15, 0.2) is 66.7 Å². The van der Waals surface area contributed by atoms with E-state index in [0.717, 1.165) is 5.56 Å². The SMILES string of the molecule is C[C@@H](CNC(=O)/C=C/c1ccccc1)c1ccccc1. The number of rotatable bonds is 5. The molecule has 20 heavy (non-hydrogen) atoms. The molecule has 0 radical (unpaired) electrons. The first-order chi connectivity index (χ1) is 9.75. The zero-order chi connectivity index (χ0) is 14.2. The van der Waals surface area contributed by atoms with Crippen LogP contribution in [0.5, 0.6) is 0 Å². The molecule has 0 spiro atoms. The van der Waals surface area contributed by atoms with E-state index >= 15 is 0 Å². The van der Waals surface area contributed by atoms with Crippen LogP contribution in [-0.2, 0) is 4.79 Å². The van der Waals surface area contributed by atoms with Crippen molar-refractivity contribution in [2.45, 2.75) is 12.8 Å². The van der Waals surface area contributed by atoms with Crippen molar-refractivity contribution in [3.05, 3.63) is 77.9 Å². The van der Waals surface area contributed by atoms with Gasteiger partial charge in [0.25, 0.3) is 0 Å². The smallest absolute Gasteiger partial charge is 0.244 e. The number of hydrogen-bond acceptors (Lipinski definition) is 1. The first-order valence-electron chi connectivity index (χ1n) is 6.81. The summed E-state index contributed by atoms with van der Waals surface area (Å²) < 4.78 is 0. The second kappa shape index (κ2) is 7.29. The Bertz CT molecular complexity index is 560. The molecule has 2 nitrogen and oxygen atoms in total. The average molecular weight is 265 g/mol. The van der Waals surface area contributed by atoms with Gasteiger partial charge in [0.05, 0.1) is 0 Å². The second-order valence-electron chi connectivity index (χ2n) is 4.80. The van der Waals surface area contributed by atoms with Gasteiger partial charge in [-0.3, -0.25) is 4.79 Å². The normalized spacial score (nSPS) is 12.2. The van der Waals surface area contributed by atoms with Crippen molar-refractivity contribution in [2.24, 2.45) is 0 Å². The van der Waals surface area contributed by atoms with Gasteiger partial charge in [-0.2, -0.15) is 0 Å². The molecule has 0 saturated carbocycles. The van der Waals surface area contributed by atoms with E-state index in [9.17, 15) is 4.79 Å². The van der Waals surface area contributed by atoms with E-state index in [0.29, 0.717) is 12.5 Å². The van der Waals surface area contributed by atoms with Crippen molar-refractivity contribution < 1.29 is 4.79 Å². The molecular formula is C18H19NO. The van der Waals surface area contributed by atoms with Gasteiger partial charge in [0.2, 0.25) is 5.91 Å². The summed E-state index contributed by atoms with van der Waals surface area (Å²) in [5.41, 5.74) is 2.26. The van der Waals surface area contributed by atoms with Crippen LogP contribution in [0.25, 0.3) is 6.08 Å².